The summed E-state index contributed by atoms with van der Waals surface area (Å²) in [5.41, 5.74) is 1.07. The minimum atomic E-state index is -0.891. The number of aliphatic carboxylic acids is 1. The molecule has 0 fully saturated rings. The minimum absolute atomic E-state index is 0.0969. The smallest absolute Gasteiger partial charge is 0.308 e. The highest BCUT2D eigenvalue weighted by Gasteiger charge is 2.21. The third-order valence-corrected chi connectivity index (χ3v) is 3.15. The zero-order valence-corrected chi connectivity index (χ0v) is 13.0. The summed E-state index contributed by atoms with van der Waals surface area (Å²) in [6.07, 6.45) is 3.40. The van der Waals surface area contributed by atoms with Gasteiger partial charge in [-0.25, -0.2) is 9.97 Å². The molecule has 1 atom stereocenters. The van der Waals surface area contributed by atoms with Crippen LogP contribution < -0.4 is 5.32 Å². The molecule has 0 aliphatic rings. The van der Waals surface area contributed by atoms with Crippen LogP contribution in [0.15, 0.2) is 12.5 Å². The number of carboxylic acids is 1. The Labute approximate surface area is 125 Å². The average molecular weight is 293 g/mol. The molecular formula is C15H23N3O3. The van der Waals surface area contributed by atoms with E-state index in [0.717, 1.165) is 0 Å². The van der Waals surface area contributed by atoms with Gasteiger partial charge in [-0.05, 0) is 18.3 Å². The van der Waals surface area contributed by atoms with Gasteiger partial charge < -0.3 is 10.4 Å². The van der Waals surface area contributed by atoms with Gasteiger partial charge in [0.25, 0.3) is 5.91 Å². The lowest BCUT2D eigenvalue weighted by molar-refractivity contribution is -0.142. The molecular weight excluding hydrogens is 270 g/mol. The van der Waals surface area contributed by atoms with Gasteiger partial charge in [0, 0.05) is 12.7 Å². The quantitative estimate of drug-likeness (QED) is 0.803. The Morgan fingerprint density at radius 2 is 1.95 bits per heavy atom. The Balaban J connectivity index is 2.75. The van der Waals surface area contributed by atoms with E-state index in [1.807, 2.05) is 27.7 Å². The molecule has 6 nitrogen and oxygen atoms in total. The monoisotopic (exact) mass is 293 g/mol. The van der Waals surface area contributed by atoms with E-state index in [2.05, 4.69) is 15.3 Å². The third-order valence-electron chi connectivity index (χ3n) is 3.15. The van der Waals surface area contributed by atoms with E-state index >= 15 is 0 Å². The summed E-state index contributed by atoms with van der Waals surface area (Å²) >= 11 is 0. The molecule has 0 bridgehead atoms. The molecule has 0 radical (unpaired) electrons. The van der Waals surface area contributed by atoms with Crippen molar-refractivity contribution in [2.45, 2.75) is 40.0 Å². The van der Waals surface area contributed by atoms with Gasteiger partial charge in [-0.2, -0.15) is 0 Å². The van der Waals surface area contributed by atoms with E-state index in [1.165, 1.54) is 12.5 Å². The maximum absolute atomic E-state index is 12.2. The molecule has 1 aromatic heterocycles. The van der Waals surface area contributed by atoms with Crippen LogP contribution in [0.4, 0.5) is 0 Å². The normalized spacial score (nSPS) is 12.5. The molecule has 0 saturated carbocycles. The summed E-state index contributed by atoms with van der Waals surface area (Å²) in [4.78, 5) is 31.4. The van der Waals surface area contributed by atoms with Crippen molar-refractivity contribution in [3.63, 3.8) is 0 Å². The first kappa shape index (κ1) is 17.1. The summed E-state index contributed by atoms with van der Waals surface area (Å²) in [6, 6.07) is 0. The zero-order chi connectivity index (χ0) is 16.0. The Bertz CT molecular complexity index is 501. The number of amides is 1. The number of nitrogens with one attached hydrogen (secondary N) is 1. The fourth-order valence-corrected chi connectivity index (χ4v) is 2.13. The highest BCUT2D eigenvalue weighted by Crippen LogP contribution is 2.16. The van der Waals surface area contributed by atoms with Crippen molar-refractivity contribution in [1.29, 1.82) is 0 Å². The van der Waals surface area contributed by atoms with Crippen LogP contribution in [-0.4, -0.2) is 33.5 Å². The molecule has 1 heterocycles. The van der Waals surface area contributed by atoms with Gasteiger partial charge in [0.2, 0.25) is 0 Å². The van der Waals surface area contributed by atoms with Crippen LogP contribution in [-0.2, 0) is 4.79 Å². The van der Waals surface area contributed by atoms with Gasteiger partial charge >= 0.3 is 5.97 Å². The van der Waals surface area contributed by atoms with Crippen molar-refractivity contribution >= 4 is 11.9 Å². The molecule has 6 heteroatoms. The lowest BCUT2D eigenvalue weighted by atomic mass is 9.97. The Morgan fingerprint density at radius 1 is 1.29 bits per heavy atom. The molecule has 0 spiro atoms. The summed E-state index contributed by atoms with van der Waals surface area (Å²) < 4.78 is 0. The van der Waals surface area contributed by atoms with Crippen molar-refractivity contribution in [2.75, 3.05) is 6.54 Å². The van der Waals surface area contributed by atoms with Crippen LogP contribution >= 0.6 is 0 Å². The Morgan fingerprint density at radius 3 is 2.48 bits per heavy atom. The van der Waals surface area contributed by atoms with E-state index < -0.39 is 11.9 Å². The lowest BCUT2D eigenvalue weighted by Gasteiger charge is -2.16. The Hall–Kier alpha value is -1.98. The van der Waals surface area contributed by atoms with E-state index in [1.54, 1.807) is 0 Å². The summed E-state index contributed by atoms with van der Waals surface area (Å²) in [5.74, 6) is -1.44. The number of carbonyl (C=O) groups is 2. The maximum Gasteiger partial charge on any atom is 0.308 e. The van der Waals surface area contributed by atoms with Crippen LogP contribution in [0, 0.1) is 11.8 Å². The minimum Gasteiger partial charge on any atom is -0.481 e. The molecule has 1 unspecified atom stereocenters. The van der Waals surface area contributed by atoms with Gasteiger partial charge in [-0.15, -0.1) is 0 Å². The van der Waals surface area contributed by atoms with Crippen LogP contribution in [0.1, 0.15) is 56.1 Å². The molecule has 21 heavy (non-hydrogen) atoms. The van der Waals surface area contributed by atoms with Crippen molar-refractivity contribution in [3.05, 3.63) is 23.8 Å². The number of carbonyl (C=O) groups excluding carboxylic acids is 1. The fourth-order valence-electron chi connectivity index (χ4n) is 2.13. The maximum atomic E-state index is 12.2. The number of hydrogen-bond acceptors (Lipinski definition) is 4. The molecule has 1 rings (SSSR count). The zero-order valence-electron chi connectivity index (χ0n) is 13.0. The van der Waals surface area contributed by atoms with Gasteiger partial charge in [0.1, 0.15) is 6.33 Å². The van der Waals surface area contributed by atoms with Crippen LogP contribution in [0.5, 0.6) is 0 Å². The summed E-state index contributed by atoms with van der Waals surface area (Å²) in [6.45, 7) is 7.91. The molecule has 0 aliphatic heterocycles. The average Bonchev–Trinajstić information content (AvgIpc) is 2.42. The van der Waals surface area contributed by atoms with E-state index in [9.17, 15) is 14.7 Å². The van der Waals surface area contributed by atoms with E-state index in [-0.39, 0.29) is 24.3 Å². The number of nitrogens with zero attached hydrogens (tertiary/aromatic N) is 2. The number of rotatable bonds is 7. The third kappa shape index (κ3) is 5.13. The molecule has 1 amide bonds. The lowest BCUT2D eigenvalue weighted by Crippen LogP contribution is -2.34. The second-order valence-corrected chi connectivity index (χ2v) is 5.85. The van der Waals surface area contributed by atoms with E-state index in [0.29, 0.717) is 17.7 Å². The summed E-state index contributed by atoms with van der Waals surface area (Å²) in [5, 5.41) is 11.9. The highest BCUT2D eigenvalue weighted by atomic mass is 16.4. The molecule has 116 valence electrons. The predicted octanol–water partition coefficient (Wildman–Crippen LogP) is 2.08. The molecule has 0 aromatic carbocycles. The first-order chi connectivity index (χ1) is 9.82. The number of carboxylic acid groups (broad SMARTS) is 1. The van der Waals surface area contributed by atoms with Crippen LogP contribution in [0.2, 0.25) is 0 Å². The molecule has 0 saturated heterocycles. The molecule has 0 aliphatic carbocycles. The van der Waals surface area contributed by atoms with Crippen molar-refractivity contribution in [1.82, 2.24) is 15.3 Å². The number of hydrogen-bond donors (Lipinski definition) is 2. The van der Waals surface area contributed by atoms with Gasteiger partial charge in [0.15, 0.2) is 0 Å². The first-order valence-corrected chi connectivity index (χ1v) is 7.13. The van der Waals surface area contributed by atoms with Crippen molar-refractivity contribution in [2.24, 2.45) is 11.8 Å². The second-order valence-electron chi connectivity index (χ2n) is 5.85. The standard InChI is InChI=1S/C15H23N3O3/c1-9(2)5-11(15(20)21)6-17-14(19)12-7-16-8-18-13(12)10(3)4/h7-11H,5-6H2,1-4H3,(H,17,19)(H,20,21). The SMILES string of the molecule is CC(C)CC(CNC(=O)c1cncnc1C(C)C)C(=O)O. The number of aromatic nitrogens is 2. The second kappa shape index (κ2) is 7.71. The van der Waals surface area contributed by atoms with Gasteiger partial charge in [0.05, 0.1) is 17.2 Å². The summed E-state index contributed by atoms with van der Waals surface area (Å²) in [7, 11) is 0. The predicted molar refractivity (Wildman–Crippen MR) is 79.0 cm³/mol. The largest absolute Gasteiger partial charge is 0.481 e. The highest BCUT2D eigenvalue weighted by molar-refractivity contribution is 5.95. The van der Waals surface area contributed by atoms with Crippen LogP contribution in [0.3, 0.4) is 0 Å². The Kier molecular flexibility index (Phi) is 6.27. The van der Waals surface area contributed by atoms with Crippen LogP contribution in [0.25, 0.3) is 0 Å². The molecule has 2 N–H and O–H groups in total. The molecule has 1 aromatic rings. The van der Waals surface area contributed by atoms with Crippen molar-refractivity contribution in [3.8, 4) is 0 Å². The first-order valence-electron chi connectivity index (χ1n) is 7.13. The fraction of sp³-hybridized carbons (Fsp3) is 0.600. The van der Waals surface area contributed by atoms with Crippen molar-refractivity contribution < 1.29 is 14.7 Å². The topological polar surface area (TPSA) is 92.2 Å². The van der Waals surface area contributed by atoms with Gasteiger partial charge in [-0.1, -0.05) is 27.7 Å². The van der Waals surface area contributed by atoms with E-state index in [4.69, 9.17) is 0 Å². The van der Waals surface area contributed by atoms with Gasteiger partial charge in [-0.3, -0.25) is 9.59 Å².